The van der Waals surface area contributed by atoms with E-state index in [1.807, 2.05) is 72.8 Å². The van der Waals surface area contributed by atoms with E-state index in [0.29, 0.717) is 61.6 Å². The van der Waals surface area contributed by atoms with Gasteiger partial charge in [-0.15, -0.1) is 10.2 Å². The van der Waals surface area contributed by atoms with E-state index in [4.69, 9.17) is 9.47 Å². The predicted molar refractivity (Wildman–Crippen MR) is 259 cm³/mol. The maximum atomic E-state index is 12.7. The topological polar surface area (TPSA) is 167 Å². The van der Waals surface area contributed by atoms with Gasteiger partial charge < -0.3 is 30.3 Å². The summed E-state index contributed by atoms with van der Waals surface area (Å²) in [6.45, 7) is 1.82. The van der Waals surface area contributed by atoms with E-state index in [-0.39, 0.29) is 11.5 Å². The van der Waals surface area contributed by atoms with Crippen molar-refractivity contribution >= 4 is 69.0 Å². The number of phenolic OH excluding ortho intramolecular Hbond substituents is 2. The number of unbranched alkanes of at least 4 members (excludes halogenated alkanes) is 3. The summed E-state index contributed by atoms with van der Waals surface area (Å²) in [5, 5.41) is 48.2. The molecule has 7 aromatic rings. The third-order valence-electron chi connectivity index (χ3n) is 11.1. The van der Waals surface area contributed by atoms with E-state index in [1.165, 1.54) is 0 Å². The van der Waals surface area contributed by atoms with Gasteiger partial charge in [-0.1, -0.05) is 60.7 Å². The van der Waals surface area contributed by atoms with E-state index in [0.717, 1.165) is 80.8 Å². The molecule has 0 aromatic heterocycles. The van der Waals surface area contributed by atoms with Gasteiger partial charge in [0, 0.05) is 45.7 Å². The van der Waals surface area contributed by atoms with Gasteiger partial charge >= 0.3 is 11.9 Å². The molecular formula is C54H50N6O6. The molecule has 0 radical (unpaired) electrons. The zero-order chi connectivity index (χ0) is 45.5. The Morgan fingerprint density at radius 3 is 1.50 bits per heavy atom. The minimum atomic E-state index is -0.400. The number of benzene rings is 7. The minimum absolute atomic E-state index is 0.238. The lowest BCUT2D eigenvalue weighted by molar-refractivity contribution is 0.0473. The second-order valence-corrected chi connectivity index (χ2v) is 15.8. The molecule has 0 saturated carbocycles. The highest BCUT2D eigenvalue weighted by atomic mass is 16.5. The molecule has 8 rings (SSSR count). The third-order valence-corrected chi connectivity index (χ3v) is 11.1. The van der Waals surface area contributed by atoms with Crippen molar-refractivity contribution in [3.63, 3.8) is 0 Å². The number of hydrogen-bond donors (Lipinski definition) is 4. The quantitative estimate of drug-likeness (QED) is 0.0354. The molecule has 0 saturated heterocycles. The van der Waals surface area contributed by atoms with Crippen molar-refractivity contribution in [1.82, 2.24) is 0 Å². The van der Waals surface area contributed by atoms with Crippen LogP contribution in [0.15, 0.2) is 166 Å². The first kappa shape index (κ1) is 44.5. The Morgan fingerprint density at radius 1 is 0.470 bits per heavy atom. The van der Waals surface area contributed by atoms with Gasteiger partial charge in [0.2, 0.25) is 0 Å². The molecule has 0 unspecified atom stereocenters. The maximum Gasteiger partial charge on any atom is 0.338 e. The Morgan fingerprint density at radius 2 is 0.939 bits per heavy atom. The van der Waals surface area contributed by atoms with Crippen LogP contribution in [0.1, 0.15) is 70.4 Å². The van der Waals surface area contributed by atoms with E-state index >= 15 is 0 Å². The molecule has 66 heavy (non-hydrogen) atoms. The summed E-state index contributed by atoms with van der Waals surface area (Å²) < 4.78 is 11.0. The van der Waals surface area contributed by atoms with Crippen molar-refractivity contribution in [3.05, 3.63) is 178 Å². The van der Waals surface area contributed by atoms with Gasteiger partial charge in [0.05, 0.1) is 47.1 Å². The molecule has 0 heterocycles. The first-order valence-corrected chi connectivity index (χ1v) is 22.1. The smallest absolute Gasteiger partial charge is 0.338 e. The second kappa shape index (κ2) is 22.0. The Kier molecular flexibility index (Phi) is 14.8. The number of phenols is 2. The zero-order valence-electron chi connectivity index (χ0n) is 36.4. The highest BCUT2D eigenvalue weighted by molar-refractivity contribution is 6.00. The summed E-state index contributed by atoms with van der Waals surface area (Å²) >= 11 is 0. The van der Waals surface area contributed by atoms with Gasteiger partial charge in [0.1, 0.15) is 11.5 Å². The van der Waals surface area contributed by atoms with E-state index in [1.54, 1.807) is 72.8 Å². The number of rotatable bonds is 19. The Bertz CT molecular complexity index is 2970. The predicted octanol–water partition coefficient (Wildman–Crippen LogP) is 12.2. The molecule has 0 fully saturated rings. The highest BCUT2D eigenvalue weighted by Crippen LogP contribution is 2.33. The lowest BCUT2D eigenvalue weighted by atomic mass is 10.0. The lowest BCUT2D eigenvalue weighted by Crippen LogP contribution is -2.30. The molecular weight excluding hydrogens is 829 g/mol. The minimum Gasteiger partial charge on any atom is -0.508 e. The summed E-state index contributed by atoms with van der Waals surface area (Å²) in [6, 6.07) is 43.9. The largest absolute Gasteiger partial charge is 0.508 e. The van der Waals surface area contributed by atoms with Crippen LogP contribution in [-0.4, -0.2) is 35.4 Å². The normalized spacial score (nSPS) is 12.1. The van der Waals surface area contributed by atoms with Gasteiger partial charge in [-0.25, -0.2) is 9.59 Å². The molecule has 1 aliphatic carbocycles. The van der Waals surface area contributed by atoms with Crippen molar-refractivity contribution in [2.45, 2.75) is 51.6 Å². The molecule has 0 amide bonds. The number of esters is 2. The average molecular weight is 879 g/mol. The molecule has 0 atom stereocenters. The number of anilines is 2. The number of ether oxygens (including phenoxy) is 2. The monoisotopic (exact) mass is 878 g/mol. The fourth-order valence-corrected chi connectivity index (χ4v) is 7.51. The number of azo groups is 2. The van der Waals surface area contributed by atoms with Gasteiger partial charge in [0.25, 0.3) is 0 Å². The molecule has 1 aliphatic rings. The molecule has 7 aromatic carbocycles. The summed E-state index contributed by atoms with van der Waals surface area (Å²) in [5.41, 5.74) is 7.71. The van der Waals surface area contributed by atoms with Crippen LogP contribution in [0, 0.1) is 0 Å². The number of hydrogen-bond acceptors (Lipinski definition) is 12. The number of carbonyl (C=O) groups is 2. The van der Waals surface area contributed by atoms with Crippen molar-refractivity contribution in [2.75, 3.05) is 23.8 Å². The number of carbonyl (C=O) groups excluding carboxylic acids is 2. The van der Waals surface area contributed by atoms with Crippen LogP contribution >= 0.6 is 0 Å². The van der Waals surface area contributed by atoms with E-state index in [2.05, 4.69) is 43.2 Å². The number of nitrogens with one attached hydrogen (secondary N) is 2. The Labute approximate surface area is 382 Å². The van der Waals surface area contributed by atoms with Crippen LogP contribution in [0.3, 0.4) is 0 Å². The van der Waals surface area contributed by atoms with Crippen LogP contribution in [-0.2, 0) is 22.6 Å². The molecule has 12 heteroatoms. The Hall–Kier alpha value is -8.12. The van der Waals surface area contributed by atoms with Crippen LogP contribution < -0.4 is 21.1 Å². The Balaban J connectivity index is 0.726. The van der Waals surface area contributed by atoms with Crippen LogP contribution in [0.5, 0.6) is 11.5 Å². The summed E-state index contributed by atoms with van der Waals surface area (Å²) in [5.74, 6) is -0.311. The maximum absolute atomic E-state index is 12.7. The van der Waals surface area contributed by atoms with Crippen LogP contribution in [0.25, 0.3) is 22.9 Å². The summed E-state index contributed by atoms with van der Waals surface area (Å²) in [7, 11) is 0. The second-order valence-electron chi connectivity index (χ2n) is 15.8. The standard InChI is InChI=1S/C54H50N6O6/c61-43-25-13-37(14-26-43)35-55-49-29-31-51(47-11-5-3-9-45(47)49)59-57-41-21-17-39(18-22-41)53(63)65-33-7-1-2-8-34-66-54(64)40-19-23-42(24-20-40)58-60-52-32-30-50(46-10-4-6-12-48(46)52)56-36-38-15-27-44(62)28-16-38/h3,5,9-32,55-56,61-62H,1-2,4,6-8,33-36H2. The van der Waals surface area contributed by atoms with Crippen molar-refractivity contribution < 1.29 is 29.3 Å². The first-order chi connectivity index (χ1) is 32.4. The molecule has 0 spiro atoms. The lowest BCUT2D eigenvalue weighted by Gasteiger charge is -2.11. The zero-order valence-corrected chi connectivity index (χ0v) is 36.4. The number of aromatic hydroxyl groups is 2. The number of fused-ring (bicyclic) bond motifs is 2. The average Bonchev–Trinajstić information content (AvgIpc) is 3.36. The van der Waals surface area contributed by atoms with E-state index in [9.17, 15) is 19.8 Å². The van der Waals surface area contributed by atoms with Gasteiger partial charge in [-0.05, 0) is 147 Å². The third kappa shape index (κ3) is 11.9. The number of nitrogens with zero attached hydrogens (tertiary/aromatic N) is 4. The van der Waals surface area contributed by atoms with Crippen molar-refractivity contribution in [2.24, 2.45) is 20.5 Å². The molecule has 0 aliphatic heterocycles. The highest BCUT2D eigenvalue weighted by Gasteiger charge is 2.11. The van der Waals surface area contributed by atoms with Gasteiger partial charge in [-0.3, -0.25) is 0 Å². The van der Waals surface area contributed by atoms with Crippen molar-refractivity contribution in [3.8, 4) is 11.5 Å². The summed E-state index contributed by atoms with van der Waals surface area (Å²) in [4.78, 5) is 25.4. The first-order valence-electron chi connectivity index (χ1n) is 22.1. The fourth-order valence-electron chi connectivity index (χ4n) is 7.51. The van der Waals surface area contributed by atoms with Gasteiger partial charge in [-0.2, -0.15) is 10.2 Å². The molecule has 4 N–H and O–H groups in total. The molecule has 12 nitrogen and oxygen atoms in total. The molecule has 332 valence electrons. The SMILES string of the molecule is O=C(OCCCCCCOC(=O)c1ccc(N=Nc2ccc(NCc3ccc(O)cc3)c3ccccc23)cc1)c1ccc(N=Nc2ccc(NCc3ccc(O)cc3)c3c2=CCCC=3)cc1. The van der Waals surface area contributed by atoms with Crippen molar-refractivity contribution in [1.29, 1.82) is 0 Å². The fraction of sp³-hybridized carbons (Fsp3) is 0.185. The molecule has 0 bridgehead atoms. The van der Waals surface area contributed by atoms with E-state index < -0.39 is 11.9 Å². The summed E-state index contributed by atoms with van der Waals surface area (Å²) in [6.07, 6.45) is 9.33. The van der Waals surface area contributed by atoms with Crippen LogP contribution in [0.2, 0.25) is 0 Å². The van der Waals surface area contributed by atoms with Crippen LogP contribution in [0.4, 0.5) is 34.1 Å². The van der Waals surface area contributed by atoms with Gasteiger partial charge in [0.15, 0.2) is 0 Å².